The van der Waals surface area contributed by atoms with Gasteiger partial charge in [-0.25, -0.2) is 9.50 Å². The maximum Gasteiger partial charge on any atom is 0.285 e. The number of ether oxygens (including phenoxy) is 1. The molecule has 0 amide bonds. The van der Waals surface area contributed by atoms with Crippen LogP contribution in [0.2, 0.25) is 0 Å². The summed E-state index contributed by atoms with van der Waals surface area (Å²) in [5.41, 5.74) is 3.91. The van der Waals surface area contributed by atoms with E-state index in [0.717, 1.165) is 29.7 Å². The van der Waals surface area contributed by atoms with Gasteiger partial charge in [-0.05, 0) is 32.3 Å². The summed E-state index contributed by atoms with van der Waals surface area (Å²) in [6.45, 7) is 4.39. The molecular formula is C20H19N5O3. The molecule has 0 saturated carbocycles. The van der Waals surface area contributed by atoms with Gasteiger partial charge in [-0.15, -0.1) is 10.2 Å². The molecule has 0 bridgehead atoms. The van der Waals surface area contributed by atoms with E-state index in [9.17, 15) is 4.79 Å². The van der Waals surface area contributed by atoms with Crippen LogP contribution in [0, 0.1) is 13.8 Å². The van der Waals surface area contributed by atoms with E-state index >= 15 is 0 Å². The maximum absolute atomic E-state index is 13.2. The van der Waals surface area contributed by atoms with Gasteiger partial charge in [0.25, 0.3) is 11.4 Å². The molecule has 5 rings (SSSR count). The highest BCUT2D eigenvalue weighted by Crippen LogP contribution is 2.31. The molecule has 1 N–H and O–H groups in total. The fourth-order valence-electron chi connectivity index (χ4n) is 3.73. The molecule has 0 spiro atoms. The van der Waals surface area contributed by atoms with Crippen molar-refractivity contribution in [2.24, 2.45) is 0 Å². The second kappa shape index (κ2) is 6.42. The molecule has 1 unspecified atom stereocenters. The molecule has 3 aromatic heterocycles. The topological polar surface area (TPSA) is 98.3 Å². The first-order valence-electron chi connectivity index (χ1n) is 9.26. The Kier molecular flexibility index (Phi) is 3.87. The highest BCUT2D eigenvalue weighted by Gasteiger charge is 2.26. The number of rotatable bonds is 3. The number of H-pyrrole nitrogens is 1. The molecule has 1 saturated heterocycles. The minimum atomic E-state index is -0.268. The molecule has 1 aliphatic heterocycles. The molecule has 142 valence electrons. The quantitative estimate of drug-likeness (QED) is 0.589. The van der Waals surface area contributed by atoms with E-state index in [1.54, 1.807) is 6.92 Å². The molecule has 8 heteroatoms. The van der Waals surface area contributed by atoms with Crippen molar-refractivity contribution in [3.63, 3.8) is 0 Å². The van der Waals surface area contributed by atoms with Crippen molar-refractivity contribution in [2.75, 3.05) is 6.61 Å². The van der Waals surface area contributed by atoms with Gasteiger partial charge in [0.2, 0.25) is 5.89 Å². The van der Waals surface area contributed by atoms with Gasteiger partial charge < -0.3 is 9.15 Å². The summed E-state index contributed by atoms with van der Waals surface area (Å²) >= 11 is 0. The number of benzene rings is 1. The molecule has 8 nitrogen and oxygen atoms in total. The number of fused-ring (bicyclic) bond motifs is 1. The maximum atomic E-state index is 13.2. The second-order valence-electron chi connectivity index (χ2n) is 6.96. The van der Waals surface area contributed by atoms with E-state index in [4.69, 9.17) is 9.15 Å². The Hall–Kier alpha value is -3.26. The van der Waals surface area contributed by atoms with Crippen LogP contribution in [0.15, 0.2) is 39.5 Å². The van der Waals surface area contributed by atoms with Crippen LogP contribution in [0.4, 0.5) is 0 Å². The fraction of sp³-hybridized carbons (Fsp3) is 0.300. The number of aryl methyl sites for hydroxylation is 2. The van der Waals surface area contributed by atoms with Gasteiger partial charge in [0, 0.05) is 17.9 Å². The van der Waals surface area contributed by atoms with Crippen LogP contribution in [0.5, 0.6) is 0 Å². The third-order valence-electron chi connectivity index (χ3n) is 5.06. The zero-order chi connectivity index (χ0) is 19.3. The van der Waals surface area contributed by atoms with Crippen molar-refractivity contribution < 1.29 is 9.15 Å². The second-order valence-corrected chi connectivity index (χ2v) is 6.96. The van der Waals surface area contributed by atoms with Crippen molar-refractivity contribution in [3.05, 3.63) is 58.0 Å². The Balaban J connectivity index is 1.67. The summed E-state index contributed by atoms with van der Waals surface area (Å²) in [7, 11) is 0. The van der Waals surface area contributed by atoms with Crippen LogP contribution >= 0.6 is 0 Å². The minimum Gasteiger partial charge on any atom is -0.418 e. The van der Waals surface area contributed by atoms with E-state index in [1.165, 1.54) is 4.52 Å². The third kappa shape index (κ3) is 2.56. The van der Waals surface area contributed by atoms with E-state index in [-0.39, 0.29) is 17.6 Å². The zero-order valence-corrected chi connectivity index (χ0v) is 15.6. The Morgan fingerprint density at radius 2 is 1.96 bits per heavy atom. The average Bonchev–Trinajstić information content (AvgIpc) is 3.42. The lowest BCUT2D eigenvalue weighted by Crippen LogP contribution is -2.19. The van der Waals surface area contributed by atoms with Crippen LogP contribution in [0.25, 0.3) is 28.2 Å². The Labute approximate surface area is 160 Å². The smallest absolute Gasteiger partial charge is 0.285 e. The average molecular weight is 377 g/mol. The normalized spacial score (nSPS) is 16.9. The summed E-state index contributed by atoms with van der Waals surface area (Å²) in [5, 5.41) is 11.3. The first kappa shape index (κ1) is 16.9. The van der Waals surface area contributed by atoms with Crippen LogP contribution in [0.1, 0.15) is 36.2 Å². The fourth-order valence-corrected chi connectivity index (χ4v) is 3.73. The van der Waals surface area contributed by atoms with Gasteiger partial charge >= 0.3 is 0 Å². The van der Waals surface area contributed by atoms with Crippen molar-refractivity contribution in [1.82, 2.24) is 24.8 Å². The number of hydrogen-bond donors (Lipinski definition) is 1. The van der Waals surface area contributed by atoms with Crippen LogP contribution in [0.3, 0.4) is 0 Å². The molecule has 0 radical (unpaired) electrons. The van der Waals surface area contributed by atoms with E-state index < -0.39 is 0 Å². The molecular weight excluding hydrogens is 358 g/mol. The van der Waals surface area contributed by atoms with E-state index in [1.807, 2.05) is 37.3 Å². The number of aromatic nitrogens is 5. The molecule has 28 heavy (non-hydrogen) atoms. The summed E-state index contributed by atoms with van der Waals surface area (Å²) in [5.74, 6) is 0.576. The number of nitrogens with one attached hydrogen (secondary N) is 1. The van der Waals surface area contributed by atoms with Crippen molar-refractivity contribution in [3.8, 4) is 22.6 Å². The molecule has 0 aliphatic carbocycles. The summed E-state index contributed by atoms with van der Waals surface area (Å²) < 4.78 is 12.8. The summed E-state index contributed by atoms with van der Waals surface area (Å²) in [6.07, 6.45) is 1.60. The number of hydrogen-bond acceptors (Lipinski definition) is 6. The van der Waals surface area contributed by atoms with Gasteiger partial charge in [0.1, 0.15) is 11.7 Å². The van der Waals surface area contributed by atoms with Crippen LogP contribution in [-0.2, 0) is 4.74 Å². The molecule has 4 heterocycles. The van der Waals surface area contributed by atoms with E-state index in [0.29, 0.717) is 29.4 Å². The number of nitrogens with zero attached hydrogens (tertiary/aromatic N) is 4. The molecule has 4 aromatic rings. The standard InChI is InChI=1S/C20H19N5O3/c1-11-16(19-23-22-18(28-19)14-9-6-10-27-14)20(26)25-17(21-11)15(12(2)24-25)13-7-4-3-5-8-13/h3-5,7-8,14,24H,6,9-10H2,1-2H3. The summed E-state index contributed by atoms with van der Waals surface area (Å²) in [6, 6.07) is 9.87. The lowest BCUT2D eigenvalue weighted by molar-refractivity contribution is 0.0896. The Morgan fingerprint density at radius 1 is 1.14 bits per heavy atom. The van der Waals surface area contributed by atoms with Crippen molar-refractivity contribution in [1.29, 1.82) is 0 Å². The molecule has 1 fully saturated rings. The molecule has 1 aromatic carbocycles. The van der Waals surface area contributed by atoms with Crippen LogP contribution < -0.4 is 5.56 Å². The minimum absolute atomic E-state index is 0.170. The van der Waals surface area contributed by atoms with Crippen LogP contribution in [-0.4, -0.2) is 31.4 Å². The monoisotopic (exact) mass is 377 g/mol. The highest BCUT2D eigenvalue weighted by molar-refractivity contribution is 5.80. The Bertz CT molecular complexity index is 1220. The number of aromatic amines is 1. The van der Waals surface area contributed by atoms with Crippen molar-refractivity contribution >= 4 is 5.65 Å². The van der Waals surface area contributed by atoms with Crippen molar-refractivity contribution in [2.45, 2.75) is 32.8 Å². The predicted molar refractivity (Wildman–Crippen MR) is 102 cm³/mol. The van der Waals surface area contributed by atoms with Gasteiger partial charge in [-0.1, -0.05) is 30.3 Å². The molecule has 1 atom stereocenters. The largest absolute Gasteiger partial charge is 0.418 e. The first-order chi connectivity index (χ1) is 13.6. The van der Waals surface area contributed by atoms with Gasteiger partial charge in [0.15, 0.2) is 5.65 Å². The summed E-state index contributed by atoms with van der Waals surface area (Å²) in [4.78, 5) is 17.9. The third-order valence-corrected chi connectivity index (χ3v) is 5.06. The lowest BCUT2D eigenvalue weighted by atomic mass is 10.1. The van der Waals surface area contributed by atoms with Gasteiger partial charge in [-0.3, -0.25) is 9.89 Å². The Morgan fingerprint density at radius 3 is 2.71 bits per heavy atom. The lowest BCUT2D eigenvalue weighted by Gasteiger charge is -2.04. The van der Waals surface area contributed by atoms with E-state index in [2.05, 4.69) is 20.3 Å². The SMILES string of the molecule is Cc1nc2c(-c3ccccc3)c(C)[nH]n2c(=O)c1-c1nnc(C2CCCO2)o1. The van der Waals surface area contributed by atoms with Gasteiger partial charge in [-0.2, -0.15) is 0 Å². The zero-order valence-electron chi connectivity index (χ0n) is 15.6. The predicted octanol–water partition coefficient (Wildman–Crippen LogP) is 3.21. The van der Waals surface area contributed by atoms with Gasteiger partial charge in [0.05, 0.1) is 5.69 Å². The first-order valence-corrected chi connectivity index (χ1v) is 9.26. The molecule has 1 aliphatic rings. The highest BCUT2D eigenvalue weighted by atomic mass is 16.5.